The van der Waals surface area contributed by atoms with Crippen LogP contribution in [0, 0.1) is 0 Å². The topological polar surface area (TPSA) is 158 Å². The Kier molecular flexibility index (Phi) is 13.8. The van der Waals surface area contributed by atoms with E-state index >= 15 is 0 Å². The average molecular weight is 656 g/mol. The van der Waals surface area contributed by atoms with Crippen molar-refractivity contribution in [3.63, 3.8) is 0 Å². The molecule has 0 bridgehead atoms. The largest absolute Gasteiger partial charge is 0.493 e. The molecule has 250 valence electrons. The first-order valence-electron chi connectivity index (χ1n) is 15.4. The van der Waals surface area contributed by atoms with Crippen LogP contribution in [0.3, 0.4) is 0 Å². The van der Waals surface area contributed by atoms with Gasteiger partial charge in [0.15, 0.2) is 22.9 Å². The number of carbonyl (C=O) groups is 3. The van der Waals surface area contributed by atoms with Crippen molar-refractivity contribution in [1.82, 2.24) is 15.4 Å². The monoisotopic (exact) mass is 655 g/mol. The number of nitrogens with zero attached hydrogens (tertiary/aromatic N) is 2. The van der Waals surface area contributed by atoms with Gasteiger partial charge in [0.25, 0.3) is 5.91 Å². The van der Waals surface area contributed by atoms with Gasteiger partial charge in [-0.15, -0.1) is 0 Å². The van der Waals surface area contributed by atoms with Crippen molar-refractivity contribution < 1.29 is 33.1 Å². The number of ether oxygens (including phenoxy) is 3. The van der Waals surface area contributed by atoms with E-state index in [1.54, 1.807) is 50.4 Å². The zero-order valence-corrected chi connectivity index (χ0v) is 28.1. The highest BCUT2D eigenvalue weighted by Crippen LogP contribution is 2.30. The van der Waals surface area contributed by atoms with Crippen molar-refractivity contribution in [3.8, 4) is 17.2 Å². The number of aromatic nitrogens is 1. The van der Waals surface area contributed by atoms with Crippen LogP contribution in [0.4, 0.5) is 5.82 Å². The number of hydrogen-bond acceptors (Lipinski definition) is 10. The molecule has 0 aliphatic rings. The van der Waals surface area contributed by atoms with Crippen molar-refractivity contribution in [2.45, 2.75) is 84.5 Å². The third-order valence-corrected chi connectivity index (χ3v) is 7.43. The van der Waals surface area contributed by atoms with E-state index in [1.807, 2.05) is 32.6 Å². The molecule has 0 aliphatic carbocycles. The molecule has 3 amide bonds. The van der Waals surface area contributed by atoms with Crippen LogP contribution in [0.15, 0.2) is 40.9 Å². The van der Waals surface area contributed by atoms with Gasteiger partial charge in [-0.2, -0.15) is 0 Å². The highest BCUT2D eigenvalue weighted by atomic mass is 32.1. The minimum atomic E-state index is -0.834. The number of methoxy groups -OCH3 is 1. The molecular formula is C33H45N5O7S. The summed E-state index contributed by atoms with van der Waals surface area (Å²) < 4.78 is 22.7. The molecule has 0 spiro atoms. The number of thiocarbonyl (C=S) groups is 1. The summed E-state index contributed by atoms with van der Waals surface area (Å²) in [7, 11) is 1.55. The summed E-state index contributed by atoms with van der Waals surface area (Å²) in [6.45, 7) is 10.4. The predicted molar refractivity (Wildman–Crippen MR) is 181 cm³/mol. The SMILES string of the molecule is COc1cc(C(=O)N(C(C)C)C(C)C)ccc1OCCCCOc1ccc2c(NC(=O)C(C)NC(=O)C(N)CCC=S)noc2c1. The third-order valence-electron chi connectivity index (χ3n) is 7.19. The molecule has 2 aromatic carbocycles. The average Bonchev–Trinajstić information content (AvgIpc) is 3.42. The second-order valence-electron chi connectivity index (χ2n) is 11.4. The van der Waals surface area contributed by atoms with Gasteiger partial charge in [0.1, 0.15) is 11.8 Å². The minimum absolute atomic E-state index is 0.0494. The molecule has 3 rings (SSSR count). The number of nitrogens with one attached hydrogen (secondary N) is 2. The minimum Gasteiger partial charge on any atom is -0.493 e. The van der Waals surface area contributed by atoms with Gasteiger partial charge in [-0.05, 0) is 96.0 Å². The fraction of sp³-hybridized carbons (Fsp3) is 0.485. The first-order valence-corrected chi connectivity index (χ1v) is 15.9. The lowest BCUT2D eigenvalue weighted by molar-refractivity contribution is -0.127. The van der Waals surface area contributed by atoms with Crippen molar-refractivity contribution in [3.05, 3.63) is 42.0 Å². The lowest BCUT2D eigenvalue weighted by Gasteiger charge is -2.31. The standard InChI is InChI=1S/C33H45N5O7S/c1-20(2)38(21(3)4)33(41)23-11-14-27(29(18-23)42-6)44-16-8-7-15-43-24-12-13-25-28(19-24)45-37-30(25)36-31(39)22(5)35-32(40)26(34)10-9-17-46/h11-14,17-22,26H,7-10,15-16,34H2,1-6H3,(H,35,40)(H,36,37,39). The number of rotatable bonds is 18. The first kappa shape index (κ1) is 36.2. The zero-order chi connectivity index (χ0) is 33.8. The summed E-state index contributed by atoms with van der Waals surface area (Å²) in [5.74, 6) is 0.964. The summed E-state index contributed by atoms with van der Waals surface area (Å²) in [5, 5.41) is 11.3. The first-order chi connectivity index (χ1) is 22.0. The predicted octanol–water partition coefficient (Wildman–Crippen LogP) is 4.88. The van der Waals surface area contributed by atoms with Crippen LogP contribution in [0.25, 0.3) is 11.0 Å². The lowest BCUT2D eigenvalue weighted by Crippen LogP contribution is -2.48. The molecule has 2 unspecified atom stereocenters. The maximum Gasteiger partial charge on any atom is 0.254 e. The molecule has 12 nitrogen and oxygen atoms in total. The maximum absolute atomic E-state index is 13.0. The number of benzene rings is 2. The molecular weight excluding hydrogens is 610 g/mol. The Balaban J connectivity index is 1.46. The lowest BCUT2D eigenvalue weighted by atomic mass is 10.1. The molecule has 2 atom stereocenters. The summed E-state index contributed by atoms with van der Waals surface area (Å²) in [5.41, 5.74) is 6.82. The van der Waals surface area contributed by atoms with Crippen LogP contribution in [-0.4, -0.2) is 77.6 Å². The number of unbranched alkanes of at least 4 members (excludes halogenated alkanes) is 1. The smallest absolute Gasteiger partial charge is 0.254 e. The second-order valence-corrected chi connectivity index (χ2v) is 11.8. The van der Waals surface area contributed by atoms with Crippen molar-refractivity contribution in [1.29, 1.82) is 0 Å². The number of nitrogens with two attached hydrogens (primary N) is 1. The van der Waals surface area contributed by atoms with Gasteiger partial charge in [-0.3, -0.25) is 14.4 Å². The van der Waals surface area contributed by atoms with Gasteiger partial charge in [0, 0.05) is 23.7 Å². The molecule has 0 saturated carbocycles. The van der Waals surface area contributed by atoms with Crippen LogP contribution in [0.2, 0.25) is 0 Å². The molecule has 1 heterocycles. The van der Waals surface area contributed by atoms with E-state index in [2.05, 4.69) is 15.8 Å². The van der Waals surface area contributed by atoms with Crippen LogP contribution >= 0.6 is 12.2 Å². The van der Waals surface area contributed by atoms with Gasteiger partial charge in [0.05, 0.1) is 31.8 Å². The van der Waals surface area contributed by atoms with Gasteiger partial charge in [-0.25, -0.2) is 0 Å². The fourth-order valence-electron chi connectivity index (χ4n) is 4.80. The number of amides is 3. The van der Waals surface area contributed by atoms with Crippen LogP contribution < -0.4 is 30.6 Å². The zero-order valence-electron chi connectivity index (χ0n) is 27.3. The third kappa shape index (κ3) is 9.88. The van der Waals surface area contributed by atoms with E-state index in [-0.39, 0.29) is 23.8 Å². The molecule has 4 N–H and O–H groups in total. The van der Waals surface area contributed by atoms with E-state index in [4.69, 9.17) is 36.7 Å². The normalized spacial score (nSPS) is 12.5. The molecule has 0 aliphatic heterocycles. The molecule has 46 heavy (non-hydrogen) atoms. The van der Waals surface area contributed by atoms with Gasteiger partial charge in [0.2, 0.25) is 11.8 Å². The molecule has 0 saturated heterocycles. The number of carbonyl (C=O) groups excluding carboxylic acids is 3. The van der Waals surface area contributed by atoms with Crippen LogP contribution in [0.1, 0.15) is 70.7 Å². The number of fused-ring (bicyclic) bond motifs is 1. The van der Waals surface area contributed by atoms with Gasteiger partial charge in [-0.1, -0.05) is 17.4 Å². The molecule has 13 heteroatoms. The highest BCUT2D eigenvalue weighted by Gasteiger charge is 2.23. The highest BCUT2D eigenvalue weighted by molar-refractivity contribution is 7.78. The molecule has 0 fully saturated rings. The van der Waals surface area contributed by atoms with Crippen LogP contribution in [0.5, 0.6) is 17.2 Å². The Hall–Kier alpha value is -4.23. The number of anilines is 1. The van der Waals surface area contributed by atoms with E-state index in [0.717, 1.165) is 12.8 Å². The Morgan fingerprint density at radius 2 is 1.67 bits per heavy atom. The van der Waals surface area contributed by atoms with Crippen LogP contribution in [-0.2, 0) is 9.59 Å². The van der Waals surface area contributed by atoms with E-state index in [1.165, 1.54) is 5.37 Å². The van der Waals surface area contributed by atoms with E-state index < -0.39 is 23.9 Å². The summed E-state index contributed by atoms with van der Waals surface area (Å²) in [6, 6.07) is 9.01. The van der Waals surface area contributed by atoms with Gasteiger partial charge >= 0.3 is 0 Å². The Morgan fingerprint density at radius 1 is 0.978 bits per heavy atom. The summed E-state index contributed by atoms with van der Waals surface area (Å²) >= 11 is 4.76. The summed E-state index contributed by atoms with van der Waals surface area (Å²) in [6.07, 6.45) is 2.39. The maximum atomic E-state index is 13.0. The van der Waals surface area contributed by atoms with Gasteiger partial charge < -0.3 is 40.0 Å². The Bertz CT molecular complexity index is 1480. The molecule has 3 aromatic rings. The number of hydrogen-bond donors (Lipinski definition) is 3. The van der Waals surface area contributed by atoms with Crippen molar-refractivity contribution in [2.75, 3.05) is 25.6 Å². The molecule has 1 aromatic heterocycles. The summed E-state index contributed by atoms with van der Waals surface area (Å²) in [4.78, 5) is 39.7. The van der Waals surface area contributed by atoms with Crippen molar-refractivity contribution in [2.24, 2.45) is 5.73 Å². The van der Waals surface area contributed by atoms with E-state index in [0.29, 0.717) is 59.8 Å². The van der Waals surface area contributed by atoms with Crippen molar-refractivity contribution >= 4 is 52.1 Å². The fourth-order valence-corrected chi connectivity index (χ4v) is 4.93. The Labute approximate surface area is 275 Å². The second kappa shape index (κ2) is 17.5. The Morgan fingerprint density at radius 3 is 2.33 bits per heavy atom. The molecule has 0 radical (unpaired) electrons. The van der Waals surface area contributed by atoms with E-state index in [9.17, 15) is 14.4 Å². The quantitative estimate of drug-likeness (QED) is 0.127.